The van der Waals surface area contributed by atoms with Crippen molar-refractivity contribution in [3.8, 4) is 23.3 Å². The zero-order valence-corrected chi connectivity index (χ0v) is 33.1. The summed E-state index contributed by atoms with van der Waals surface area (Å²) in [5.41, 5.74) is 1.53. The summed E-state index contributed by atoms with van der Waals surface area (Å²) in [6.07, 6.45) is 2.94. The van der Waals surface area contributed by atoms with Crippen LogP contribution in [0.2, 0.25) is 0 Å². The maximum Gasteiger partial charge on any atom is 0.335 e. The number of piperazine rings is 1. The van der Waals surface area contributed by atoms with Crippen LogP contribution in [0.4, 0.5) is 0 Å². The molecule has 10 atom stereocenters. The number of benzene rings is 2. The number of nitriles is 1. The topological polar surface area (TPSA) is 176 Å². The molecule has 1 spiro atoms. The van der Waals surface area contributed by atoms with Crippen LogP contribution in [0.3, 0.4) is 0 Å². The van der Waals surface area contributed by atoms with Crippen LogP contribution in [0.5, 0.6) is 17.2 Å². The quantitative estimate of drug-likeness (QED) is 0.250. The second-order valence-corrected chi connectivity index (χ2v) is 17.6. The first kappa shape index (κ1) is 36.6. The van der Waals surface area contributed by atoms with Gasteiger partial charge in [-0.1, -0.05) is 24.3 Å². The molecule has 0 radical (unpaired) electrons. The number of carbonyl (C=O) groups is 2. The Balaban J connectivity index is 1.25. The molecule has 4 saturated heterocycles. The normalized spacial score (nSPS) is 35.0. The summed E-state index contributed by atoms with van der Waals surface area (Å²) < 4.78 is 37.4. The van der Waals surface area contributed by atoms with Gasteiger partial charge in [0.2, 0.25) is 6.79 Å². The highest BCUT2D eigenvalue weighted by atomic mass is 32.2. The smallest absolute Gasteiger partial charge is 0.335 e. The third-order valence-electron chi connectivity index (χ3n) is 13.4. The average molecular weight is 797 g/mol. The summed E-state index contributed by atoms with van der Waals surface area (Å²) in [5.74, 6) is 0.505. The van der Waals surface area contributed by atoms with E-state index in [1.165, 1.54) is 18.7 Å². The Bertz CT molecular complexity index is 2370. The van der Waals surface area contributed by atoms with E-state index in [4.69, 9.17) is 28.1 Å². The van der Waals surface area contributed by atoms with Gasteiger partial charge in [-0.25, -0.2) is 4.79 Å². The number of hydrogen-bond donors (Lipinski definition) is 3. The van der Waals surface area contributed by atoms with E-state index in [-0.39, 0.29) is 37.4 Å². The van der Waals surface area contributed by atoms with Crippen LogP contribution in [0.15, 0.2) is 51.9 Å². The fourth-order valence-corrected chi connectivity index (χ4v) is 13.0. The van der Waals surface area contributed by atoms with Crippen LogP contribution in [-0.2, 0) is 31.0 Å². The van der Waals surface area contributed by atoms with Crippen LogP contribution in [0, 0.1) is 30.1 Å². The summed E-state index contributed by atoms with van der Waals surface area (Å²) in [7, 11) is 3.55. The second-order valence-electron chi connectivity index (χ2n) is 16.4. The van der Waals surface area contributed by atoms with Crippen LogP contribution in [-0.4, -0.2) is 102 Å². The summed E-state index contributed by atoms with van der Waals surface area (Å²) in [6, 6.07) is 8.23. The Kier molecular flexibility index (Phi) is 8.28. The lowest BCUT2D eigenvalue weighted by atomic mass is 9.73. The summed E-state index contributed by atoms with van der Waals surface area (Å²) in [5, 5.41) is 38.1. The molecule has 3 aromatic rings. The maximum absolute atomic E-state index is 15.0. The van der Waals surface area contributed by atoms with Crippen LogP contribution >= 0.6 is 11.8 Å². The molecule has 15 heteroatoms. The molecule has 298 valence electrons. The number of aliphatic hydroxyl groups is 2. The second kappa shape index (κ2) is 12.9. The van der Waals surface area contributed by atoms with Gasteiger partial charge in [0.25, 0.3) is 0 Å². The number of likely N-dealkylation sites (N-methyl/N-ethyl adjacent to an activating group) is 1. The van der Waals surface area contributed by atoms with Crippen molar-refractivity contribution in [2.45, 2.75) is 74.1 Å². The predicted octanol–water partition coefficient (Wildman–Crippen LogP) is 4.44. The fraction of sp³-hybridized carbons (Fsp3) is 0.500. The third kappa shape index (κ3) is 4.91. The van der Waals surface area contributed by atoms with Crippen molar-refractivity contribution in [3.63, 3.8) is 0 Å². The minimum Gasteiger partial charge on any atom is -0.508 e. The zero-order chi connectivity index (χ0) is 39.7. The molecule has 8 aliphatic heterocycles. The Morgan fingerprint density at radius 2 is 1.95 bits per heavy atom. The van der Waals surface area contributed by atoms with Crippen molar-refractivity contribution in [2.75, 3.05) is 46.5 Å². The van der Waals surface area contributed by atoms with E-state index in [2.05, 4.69) is 27.3 Å². The Hall–Kier alpha value is -4.72. The Labute approximate surface area is 333 Å². The van der Waals surface area contributed by atoms with Crippen molar-refractivity contribution in [1.82, 2.24) is 15.1 Å². The highest BCUT2D eigenvalue weighted by Crippen LogP contribution is 2.65. The predicted molar refractivity (Wildman–Crippen MR) is 206 cm³/mol. The van der Waals surface area contributed by atoms with E-state index in [1.807, 2.05) is 45.2 Å². The molecule has 2 aromatic carbocycles. The van der Waals surface area contributed by atoms with Gasteiger partial charge in [0, 0.05) is 70.9 Å². The van der Waals surface area contributed by atoms with Gasteiger partial charge in [0.05, 0.1) is 31.1 Å². The number of hydrogen-bond acceptors (Lipinski definition) is 15. The number of nitrogens with zero attached hydrogens (tertiary/aromatic N) is 3. The Morgan fingerprint density at radius 3 is 2.70 bits per heavy atom. The highest BCUT2D eigenvalue weighted by Gasteiger charge is 2.67. The number of para-hydroxylation sites is 1. The SMILES string of the molecule is COC1=C(O)C2C(C=C1C)CC1(C#N)CN(C)[C@@H]2[C@@H]2[C@@H]3SC[C@]4(N[C@@H](CO)Cc5c4oc4ccccc54)C(=O)OCC(c4c5c(c(C)c(OC(C)=O)c43)OCO5)N21. The van der Waals surface area contributed by atoms with E-state index in [9.17, 15) is 20.3 Å². The molecule has 1 aliphatic carbocycles. The number of rotatable bonds is 3. The lowest BCUT2D eigenvalue weighted by Crippen LogP contribution is -2.72. The molecule has 12 rings (SSSR count). The first-order valence-corrected chi connectivity index (χ1v) is 20.4. The number of ether oxygens (including phenoxy) is 5. The van der Waals surface area contributed by atoms with Crippen LogP contribution in [0.25, 0.3) is 11.0 Å². The number of nitrogens with one attached hydrogen (secondary N) is 1. The van der Waals surface area contributed by atoms with Gasteiger partial charge in [-0.3, -0.25) is 19.9 Å². The van der Waals surface area contributed by atoms with Gasteiger partial charge in [-0.15, -0.1) is 11.8 Å². The number of methoxy groups -OCH3 is 1. The standard InChI is InChI=1S/C42H44N4O10S/c1-19-10-22-12-41(15-43)16-45(4)31(28(22)33(49)34(19)51-5)32-38-30-29(37-36(53-18-54-37)20(2)35(30)55-21(3)48)26(46(32)41)14-52-40(50)42(17-57-38)39-25(11-23(13-47)44-42)24-8-6-7-9-27(24)56-39/h6-10,22-23,26,28,31-32,38,44,47,49H,11-14,16-18H2,1-5H3/t22?,23-,26?,28?,31+,32-,38-,41?,42-/m1/s1. The monoisotopic (exact) mass is 796 g/mol. The lowest BCUT2D eigenvalue weighted by molar-refractivity contribution is -0.159. The molecule has 5 unspecified atom stereocenters. The van der Waals surface area contributed by atoms with Crippen molar-refractivity contribution in [2.24, 2.45) is 11.8 Å². The largest absolute Gasteiger partial charge is 0.508 e. The van der Waals surface area contributed by atoms with E-state index in [0.29, 0.717) is 70.4 Å². The van der Waals surface area contributed by atoms with Crippen molar-refractivity contribution in [3.05, 3.63) is 75.4 Å². The van der Waals surface area contributed by atoms with Crippen molar-refractivity contribution < 1.29 is 47.9 Å². The van der Waals surface area contributed by atoms with E-state index >= 15 is 4.79 Å². The van der Waals surface area contributed by atoms with Gasteiger partial charge >= 0.3 is 11.9 Å². The minimum absolute atomic E-state index is 0.0638. The number of fused-ring (bicyclic) bond motifs is 8. The van der Waals surface area contributed by atoms with Gasteiger partial charge < -0.3 is 38.3 Å². The molecule has 57 heavy (non-hydrogen) atoms. The molecule has 3 N–H and O–H groups in total. The highest BCUT2D eigenvalue weighted by molar-refractivity contribution is 7.99. The number of aliphatic hydroxyl groups excluding tert-OH is 2. The zero-order valence-electron chi connectivity index (χ0n) is 32.3. The van der Waals surface area contributed by atoms with Crippen molar-refractivity contribution in [1.29, 1.82) is 5.26 Å². The molecule has 4 bridgehead atoms. The molecular formula is C42H44N4O10S. The molecule has 1 aromatic heterocycles. The number of carbonyl (C=O) groups excluding carboxylic acids is 2. The fourth-order valence-electron chi connectivity index (χ4n) is 11.4. The van der Waals surface area contributed by atoms with E-state index in [1.54, 1.807) is 7.11 Å². The number of esters is 2. The van der Waals surface area contributed by atoms with E-state index in [0.717, 1.165) is 16.5 Å². The van der Waals surface area contributed by atoms with E-state index < -0.39 is 58.4 Å². The Morgan fingerprint density at radius 1 is 1.16 bits per heavy atom. The van der Waals surface area contributed by atoms with Gasteiger partial charge in [-0.05, 0) is 51.3 Å². The van der Waals surface area contributed by atoms with Gasteiger partial charge in [-0.2, -0.15) is 5.26 Å². The third-order valence-corrected chi connectivity index (χ3v) is 14.8. The molecule has 9 aliphatic rings. The molecule has 9 heterocycles. The maximum atomic E-state index is 15.0. The summed E-state index contributed by atoms with van der Waals surface area (Å²) in [4.78, 5) is 32.4. The number of thioether (sulfide) groups is 1. The average Bonchev–Trinajstić information content (AvgIpc) is 3.78. The lowest BCUT2D eigenvalue weighted by Gasteiger charge is -2.60. The first-order chi connectivity index (χ1) is 27.5. The summed E-state index contributed by atoms with van der Waals surface area (Å²) in [6.45, 7) is 4.96. The van der Waals surface area contributed by atoms with Crippen LogP contribution < -0.4 is 19.5 Å². The number of allylic oxidation sites excluding steroid dienone is 2. The van der Waals surface area contributed by atoms with Gasteiger partial charge in [0.15, 0.2) is 22.8 Å². The van der Waals surface area contributed by atoms with Crippen LogP contribution in [0.1, 0.15) is 59.6 Å². The first-order valence-electron chi connectivity index (χ1n) is 19.3. The molecule has 0 amide bonds. The van der Waals surface area contributed by atoms with Crippen molar-refractivity contribution >= 4 is 34.7 Å². The minimum atomic E-state index is -1.53. The molecular weight excluding hydrogens is 753 g/mol. The molecule has 4 fully saturated rings. The summed E-state index contributed by atoms with van der Waals surface area (Å²) >= 11 is 1.47. The molecule has 0 saturated carbocycles. The van der Waals surface area contributed by atoms with Gasteiger partial charge in [0.1, 0.15) is 35.0 Å². The molecule has 14 nitrogen and oxygen atoms in total. The number of furan rings is 1.